The van der Waals surface area contributed by atoms with Gasteiger partial charge in [0.15, 0.2) is 0 Å². The standard InChI is InChI=1S/C9H9N3S.3ClH/c10-5-8-6-13-9(12-8)7-1-3-11-4-2-7;;;/h1-4,6H,5,10H2;3*1H. The van der Waals surface area contributed by atoms with Crippen LogP contribution in [0.3, 0.4) is 0 Å². The number of nitrogens with zero attached hydrogens (tertiary/aromatic N) is 2. The Labute approximate surface area is 117 Å². The monoisotopic (exact) mass is 299 g/mol. The molecular weight excluding hydrogens is 289 g/mol. The summed E-state index contributed by atoms with van der Waals surface area (Å²) in [5.74, 6) is 0. The number of nitrogens with two attached hydrogens (primary N) is 1. The van der Waals surface area contributed by atoms with Crippen LogP contribution in [0.1, 0.15) is 5.69 Å². The van der Waals surface area contributed by atoms with E-state index in [2.05, 4.69) is 9.97 Å². The fourth-order valence-corrected chi connectivity index (χ4v) is 1.87. The summed E-state index contributed by atoms with van der Waals surface area (Å²) < 4.78 is 0. The van der Waals surface area contributed by atoms with Crippen molar-refractivity contribution in [3.63, 3.8) is 0 Å². The number of hydrogen-bond acceptors (Lipinski definition) is 4. The van der Waals surface area contributed by atoms with E-state index in [1.807, 2.05) is 17.5 Å². The third-order valence-electron chi connectivity index (χ3n) is 1.69. The summed E-state index contributed by atoms with van der Waals surface area (Å²) in [5, 5.41) is 2.98. The van der Waals surface area contributed by atoms with E-state index < -0.39 is 0 Å². The molecule has 3 nitrogen and oxygen atoms in total. The molecular formula is C9H12Cl3N3S. The number of thiazole rings is 1. The van der Waals surface area contributed by atoms with Gasteiger partial charge in [0.25, 0.3) is 0 Å². The summed E-state index contributed by atoms with van der Waals surface area (Å²) in [6.45, 7) is 0.502. The highest BCUT2D eigenvalue weighted by Gasteiger charge is 2.01. The van der Waals surface area contributed by atoms with Crippen molar-refractivity contribution >= 4 is 48.6 Å². The van der Waals surface area contributed by atoms with Gasteiger partial charge < -0.3 is 5.73 Å². The molecule has 0 amide bonds. The van der Waals surface area contributed by atoms with Crippen molar-refractivity contribution in [2.24, 2.45) is 5.73 Å². The van der Waals surface area contributed by atoms with Crippen LogP contribution in [0.25, 0.3) is 10.6 Å². The smallest absolute Gasteiger partial charge is 0.123 e. The molecule has 0 aliphatic carbocycles. The number of pyridine rings is 1. The zero-order chi connectivity index (χ0) is 9.10. The summed E-state index contributed by atoms with van der Waals surface area (Å²) in [6, 6.07) is 3.89. The quantitative estimate of drug-likeness (QED) is 0.928. The minimum Gasteiger partial charge on any atom is -0.325 e. The van der Waals surface area contributed by atoms with Gasteiger partial charge in [0.05, 0.1) is 5.69 Å². The average molecular weight is 301 g/mol. The second-order valence-electron chi connectivity index (χ2n) is 2.58. The molecule has 0 aromatic carbocycles. The van der Waals surface area contributed by atoms with E-state index in [0.29, 0.717) is 6.54 Å². The third kappa shape index (κ3) is 4.23. The first kappa shape index (κ1) is 18.0. The highest BCUT2D eigenvalue weighted by Crippen LogP contribution is 2.22. The summed E-state index contributed by atoms with van der Waals surface area (Å²) in [5.41, 5.74) is 7.51. The first-order valence-electron chi connectivity index (χ1n) is 3.95. The molecule has 2 rings (SSSR count). The molecule has 0 bridgehead atoms. The average Bonchev–Trinajstić information content (AvgIpc) is 2.67. The van der Waals surface area contributed by atoms with Crippen LogP contribution in [-0.4, -0.2) is 9.97 Å². The predicted molar refractivity (Wildman–Crippen MR) is 75.0 cm³/mol. The highest BCUT2D eigenvalue weighted by molar-refractivity contribution is 7.13. The second-order valence-corrected chi connectivity index (χ2v) is 3.44. The first-order chi connectivity index (χ1) is 6.40. The Morgan fingerprint density at radius 1 is 1.12 bits per heavy atom. The van der Waals surface area contributed by atoms with Crippen LogP contribution in [0, 0.1) is 0 Å². The maximum atomic E-state index is 5.47. The topological polar surface area (TPSA) is 51.8 Å². The molecule has 0 saturated heterocycles. The molecule has 0 spiro atoms. The van der Waals surface area contributed by atoms with Gasteiger partial charge in [0.1, 0.15) is 5.01 Å². The van der Waals surface area contributed by atoms with Crippen molar-refractivity contribution in [3.8, 4) is 10.6 Å². The molecule has 0 aliphatic rings. The molecule has 90 valence electrons. The Bertz CT molecular complexity index is 394. The van der Waals surface area contributed by atoms with Crippen LogP contribution in [0.4, 0.5) is 0 Å². The summed E-state index contributed by atoms with van der Waals surface area (Å²) in [4.78, 5) is 8.31. The Kier molecular flexibility index (Phi) is 9.81. The van der Waals surface area contributed by atoms with Gasteiger partial charge in [0, 0.05) is 29.9 Å². The number of halogens is 3. The van der Waals surface area contributed by atoms with Gasteiger partial charge in [-0.1, -0.05) is 0 Å². The summed E-state index contributed by atoms with van der Waals surface area (Å²) >= 11 is 1.61. The van der Waals surface area contributed by atoms with Crippen LogP contribution >= 0.6 is 48.6 Å². The molecule has 2 aromatic rings. The number of aromatic nitrogens is 2. The van der Waals surface area contributed by atoms with Gasteiger partial charge in [-0.05, 0) is 12.1 Å². The minimum atomic E-state index is 0. The lowest BCUT2D eigenvalue weighted by Gasteiger charge is -1.92. The molecule has 0 atom stereocenters. The molecule has 0 aliphatic heterocycles. The SMILES string of the molecule is Cl.Cl.Cl.NCc1csc(-c2ccncc2)n1. The van der Waals surface area contributed by atoms with Gasteiger partial charge in [0.2, 0.25) is 0 Å². The second kappa shape index (κ2) is 8.73. The highest BCUT2D eigenvalue weighted by atomic mass is 35.5. The Morgan fingerprint density at radius 3 is 2.25 bits per heavy atom. The van der Waals surface area contributed by atoms with E-state index >= 15 is 0 Å². The van der Waals surface area contributed by atoms with Crippen molar-refractivity contribution in [1.29, 1.82) is 0 Å². The van der Waals surface area contributed by atoms with E-state index in [-0.39, 0.29) is 37.2 Å². The van der Waals surface area contributed by atoms with Crippen molar-refractivity contribution in [2.75, 3.05) is 0 Å². The van der Waals surface area contributed by atoms with Gasteiger partial charge in [-0.25, -0.2) is 4.98 Å². The lowest BCUT2D eigenvalue weighted by Crippen LogP contribution is -1.95. The molecule has 7 heteroatoms. The van der Waals surface area contributed by atoms with Gasteiger partial charge >= 0.3 is 0 Å². The van der Waals surface area contributed by atoms with E-state index in [1.54, 1.807) is 23.7 Å². The van der Waals surface area contributed by atoms with E-state index in [0.717, 1.165) is 16.3 Å². The number of rotatable bonds is 2. The largest absolute Gasteiger partial charge is 0.325 e. The fraction of sp³-hybridized carbons (Fsp3) is 0.111. The minimum absolute atomic E-state index is 0. The van der Waals surface area contributed by atoms with Crippen molar-refractivity contribution < 1.29 is 0 Å². The normalized spacial score (nSPS) is 8.31. The Morgan fingerprint density at radius 2 is 1.75 bits per heavy atom. The van der Waals surface area contributed by atoms with Gasteiger partial charge in [-0.15, -0.1) is 48.6 Å². The molecule has 16 heavy (non-hydrogen) atoms. The molecule has 0 unspecified atom stereocenters. The predicted octanol–water partition coefficient (Wildman–Crippen LogP) is 2.93. The van der Waals surface area contributed by atoms with Crippen molar-refractivity contribution in [2.45, 2.75) is 6.54 Å². The molecule has 0 fully saturated rings. The van der Waals surface area contributed by atoms with E-state index in [1.165, 1.54) is 0 Å². The Balaban J connectivity index is 0. The third-order valence-corrected chi connectivity index (χ3v) is 2.63. The first-order valence-corrected chi connectivity index (χ1v) is 4.83. The number of hydrogen-bond donors (Lipinski definition) is 1. The van der Waals surface area contributed by atoms with Crippen molar-refractivity contribution in [3.05, 3.63) is 35.6 Å². The van der Waals surface area contributed by atoms with Gasteiger partial charge in [-0.3, -0.25) is 4.98 Å². The van der Waals surface area contributed by atoms with Gasteiger partial charge in [-0.2, -0.15) is 0 Å². The maximum Gasteiger partial charge on any atom is 0.123 e. The fourth-order valence-electron chi connectivity index (χ4n) is 1.03. The van der Waals surface area contributed by atoms with Crippen LogP contribution in [0.15, 0.2) is 29.9 Å². The van der Waals surface area contributed by atoms with E-state index in [9.17, 15) is 0 Å². The maximum absolute atomic E-state index is 5.47. The summed E-state index contributed by atoms with van der Waals surface area (Å²) in [7, 11) is 0. The zero-order valence-electron chi connectivity index (χ0n) is 8.20. The van der Waals surface area contributed by atoms with E-state index in [4.69, 9.17) is 5.73 Å². The molecule has 2 aromatic heterocycles. The zero-order valence-corrected chi connectivity index (χ0v) is 11.5. The van der Waals surface area contributed by atoms with Crippen LogP contribution in [0.5, 0.6) is 0 Å². The Hall–Kier alpha value is -0.390. The lowest BCUT2D eigenvalue weighted by molar-refractivity contribution is 1.01. The molecule has 2 N–H and O–H groups in total. The molecule has 0 radical (unpaired) electrons. The molecule has 0 saturated carbocycles. The van der Waals surface area contributed by atoms with Crippen molar-refractivity contribution in [1.82, 2.24) is 9.97 Å². The van der Waals surface area contributed by atoms with Crippen LogP contribution < -0.4 is 5.73 Å². The summed E-state index contributed by atoms with van der Waals surface area (Å²) in [6.07, 6.45) is 3.53. The van der Waals surface area contributed by atoms with Crippen LogP contribution in [-0.2, 0) is 6.54 Å². The molecule has 2 heterocycles. The lowest BCUT2D eigenvalue weighted by atomic mass is 10.3. The van der Waals surface area contributed by atoms with Crippen LogP contribution in [0.2, 0.25) is 0 Å².